The Morgan fingerprint density at radius 2 is 2.12 bits per heavy atom. The average molecular weight is 225 g/mol. The molecule has 3 aliphatic heterocycles. The molecule has 3 aliphatic rings. The van der Waals surface area contributed by atoms with Crippen LogP contribution in [0.25, 0.3) is 0 Å². The number of aliphatic hydroxyl groups excluding tert-OH is 1. The van der Waals surface area contributed by atoms with Crippen LogP contribution in [-0.2, 0) is 0 Å². The van der Waals surface area contributed by atoms with Gasteiger partial charge in [0.05, 0.1) is 6.10 Å². The molecule has 3 fully saturated rings. The summed E-state index contributed by atoms with van der Waals surface area (Å²) in [5, 5.41) is 13.3. The number of hydrogen-bond acceptors (Lipinski definition) is 4. The molecule has 0 amide bonds. The molecule has 0 spiro atoms. The van der Waals surface area contributed by atoms with Crippen molar-refractivity contribution in [3.63, 3.8) is 0 Å². The Morgan fingerprint density at radius 3 is 2.88 bits per heavy atom. The Labute approximate surface area is 97.6 Å². The smallest absolute Gasteiger partial charge is 0.0831 e. The highest BCUT2D eigenvalue weighted by molar-refractivity contribution is 4.97. The fraction of sp³-hybridized carbons (Fsp3) is 1.00. The summed E-state index contributed by atoms with van der Waals surface area (Å²) in [6, 6.07) is 1.69. The van der Waals surface area contributed by atoms with Gasteiger partial charge in [-0.25, -0.2) is 0 Å². The molecule has 4 heteroatoms. The van der Waals surface area contributed by atoms with Crippen LogP contribution in [0, 0.1) is 0 Å². The predicted molar refractivity (Wildman–Crippen MR) is 63.4 cm³/mol. The molecule has 3 saturated heterocycles. The summed E-state index contributed by atoms with van der Waals surface area (Å²) >= 11 is 0. The van der Waals surface area contributed by atoms with Gasteiger partial charge in [-0.2, -0.15) is 0 Å². The molecule has 0 radical (unpaired) electrons. The molecule has 4 unspecified atom stereocenters. The van der Waals surface area contributed by atoms with Crippen LogP contribution >= 0.6 is 0 Å². The van der Waals surface area contributed by atoms with Crippen molar-refractivity contribution in [2.75, 3.05) is 32.7 Å². The quantitative estimate of drug-likeness (QED) is 0.630. The Bertz CT molecular complexity index is 261. The summed E-state index contributed by atoms with van der Waals surface area (Å²) in [7, 11) is 0. The number of piperazine rings is 1. The lowest BCUT2D eigenvalue weighted by Gasteiger charge is -2.45. The molecule has 92 valence electrons. The maximum absolute atomic E-state index is 9.98. The van der Waals surface area contributed by atoms with Crippen molar-refractivity contribution in [3.05, 3.63) is 0 Å². The first-order chi connectivity index (χ1) is 7.75. The molecule has 16 heavy (non-hydrogen) atoms. The van der Waals surface area contributed by atoms with Crippen LogP contribution in [0.1, 0.15) is 19.8 Å². The molecule has 0 aliphatic carbocycles. The third kappa shape index (κ3) is 1.78. The number of rotatable bonds is 1. The summed E-state index contributed by atoms with van der Waals surface area (Å²) in [5.41, 5.74) is 0. The molecule has 3 heterocycles. The lowest BCUT2D eigenvalue weighted by molar-refractivity contribution is -0.00369. The van der Waals surface area contributed by atoms with E-state index in [0.29, 0.717) is 12.1 Å². The maximum atomic E-state index is 9.98. The van der Waals surface area contributed by atoms with Gasteiger partial charge in [-0.3, -0.25) is 9.80 Å². The predicted octanol–water partition coefficient (Wildman–Crippen LogP) is -0.512. The molecule has 0 aromatic rings. The minimum Gasteiger partial charge on any atom is -0.390 e. The van der Waals surface area contributed by atoms with E-state index in [1.54, 1.807) is 0 Å². The lowest BCUT2D eigenvalue weighted by atomic mass is 10.0. The summed E-state index contributed by atoms with van der Waals surface area (Å²) < 4.78 is 0. The van der Waals surface area contributed by atoms with Crippen LogP contribution in [0.3, 0.4) is 0 Å². The minimum atomic E-state index is -0.171. The van der Waals surface area contributed by atoms with E-state index in [4.69, 9.17) is 0 Å². The zero-order valence-electron chi connectivity index (χ0n) is 10.1. The first kappa shape index (κ1) is 11.0. The van der Waals surface area contributed by atoms with E-state index in [2.05, 4.69) is 22.0 Å². The number of fused-ring (bicyclic) bond motifs is 1. The standard InChI is InChI=1S/C12H23N3O/c1-9-7-14-4-2-3-10(14)8-15(9)11-5-13-6-12(11)16/h9-13,16H,2-8H2,1H3. The topological polar surface area (TPSA) is 38.7 Å². The fourth-order valence-corrected chi connectivity index (χ4v) is 3.66. The van der Waals surface area contributed by atoms with Crippen LogP contribution in [0.2, 0.25) is 0 Å². The van der Waals surface area contributed by atoms with Gasteiger partial charge in [-0.15, -0.1) is 0 Å². The van der Waals surface area contributed by atoms with Gasteiger partial charge in [0.2, 0.25) is 0 Å². The Balaban J connectivity index is 1.70. The first-order valence-electron chi connectivity index (χ1n) is 6.64. The third-order valence-corrected chi connectivity index (χ3v) is 4.56. The van der Waals surface area contributed by atoms with Crippen molar-refractivity contribution in [2.24, 2.45) is 0 Å². The Morgan fingerprint density at radius 1 is 1.25 bits per heavy atom. The SMILES string of the molecule is CC1CN2CCCC2CN1C1CNCC1O. The lowest BCUT2D eigenvalue weighted by Crippen LogP contribution is -2.60. The average Bonchev–Trinajstić information content (AvgIpc) is 2.85. The highest BCUT2D eigenvalue weighted by Crippen LogP contribution is 2.27. The van der Waals surface area contributed by atoms with Crippen LogP contribution < -0.4 is 5.32 Å². The third-order valence-electron chi connectivity index (χ3n) is 4.56. The zero-order valence-corrected chi connectivity index (χ0v) is 10.1. The summed E-state index contributed by atoms with van der Waals surface area (Å²) in [6.45, 7) is 7.66. The summed E-state index contributed by atoms with van der Waals surface area (Å²) in [4.78, 5) is 5.17. The molecule has 4 atom stereocenters. The molecule has 0 aromatic carbocycles. The van der Waals surface area contributed by atoms with Crippen molar-refractivity contribution >= 4 is 0 Å². The van der Waals surface area contributed by atoms with E-state index < -0.39 is 0 Å². The first-order valence-corrected chi connectivity index (χ1v) is 6.64. The second-order valence-corrected chi connectivity index (χ2v) is 5.63. The zero-order chi connectivity index (χ0) is 11.1. The monoisotopic (exact) mass is 225 g/mol. The molecule has 2 N–H and O–H groups in total. The van der Waals surface area contributed by atoms with Crippen LogP contribution in [0.4, 0.5) is 0 Å². The minimum absolute atomic E-state index is 0.171. The van der Waals surface area contributed by atoms with Crippen molar-refractivity contribution in [1.82, 2.24) is 15.1 Å². The van der Waals surface area contributed by atoms with Gasteiger partial charge in [-0.1, -0.05) is 0 Å². The van der Waals surface area contributed by atoms with Gasteiger partial charge in [-0.05, 0) is 26.3 Å². The summed E-state index contributed by atoms with van der Waals surface area (Å²) in [5.74, 6) is 0. The molecule has 0 bridgehead atoms. The van der Waals surface area contributed by atoms with Crippen LogP contribution in [0.15, 0.2) is 0 Å². The maximum Gasteiger partial charge on any atom is 0.0831 e. The van der Waals surface area contributed by atoms with Gasteiger partial charge in [0.1, 0.15) is 0 Å². The highest BCUT2D eigenvalue weighted by Gasteiger charge is 2.40. The normalized spacial score (nSPS) is 46.1. The van der Waals surface area contributed by atoms with E-state index in [1.807, 2.05) is 0 Å². The van der Waals surface area contributed by atoms with E-state index in [1.165, 1.54) is 25.9 Å². The fourth-order valence-electron chi connectivity index (χ4n) is 3.66. The molecule has 0 aromatic heterocycles. The van der Waals surface area contributed by atoms with Crippen molar-refractivity contribution in [1.29, 1.82) is 0 Å². The summed E-state index contributed by atoms with van der Waals surface area (Å²) in [6.07, 6.45) is 2.53. The molecule has 0 saturated carbocycles. The Kier molecular flexibility index (Phi) is 2.92. The second kappa shape index (κ2) is 4.26. The molecular formula is C12H23N3O. The number of nitrogens with one attached hydrogen (secondary N) is 1. The number of β-amino-alcohol motifs (C(OH)–C–C–N with tert-alkyl or cyclic N) is 1. The van der Waals surface area contributed by atoms with Gasteiger partial charge in [0.15, 0.2) is 0 Å². The molecular weight excluding hydrogens is 202 g/mol. The Hall–Kier alpha value is -0.160. The van der Waals surface area contributed by atoms with Crippen LogP contribution in [-0.4, -0.2) is 71.9 Å². The van der Waals surface area contributed by atoms with Crippen molar-refractivity contribution < 1.29 is 5.11 Å². The number of hydrogen-bond donors (Lipinski definition) is 2. The largest absolute Gasteiger partial charge is 0.390 e. The van der Waals surface area contributed by atoms with Gasteiger partial charge < -0.3 is 10.4 Å². The van der Waals surface area contributed by atoms with Crippen molar-refractivity contribution in [3.8, 4) is 0 Å². The van der Waals surface area contributed by atoms with E-state index in [0.717, 1.165) is 25.7 Å². The van der Waals surface area contributed by atoms with E-state index in [9.17, 15) is 5.11 Å². The second-order valence-electron chi connectivity index (χ2n) is 5.63. The highest BCUT2D eigenvalue weighted by atomic mass is 16.3. The van der Waals surface area contributed by atoms with Crippen molar-refractivity contribution in [2.45, 2.75) is 44.0 Å². The van der Waals surface area contributed by atoms with Gasteiger partial charge >= 0.3 is 0 Å². The van der Waals surface area contributed by atoms with Gasteiger partial charge in [0, 0.05) is 44.3 Å². The van der Waals surface area contributed by atoms with Gasteiger partial charge in [0.25, 0.3) is 0 Å². The number of aliphatic hydroxyl groups is 1. The van der Waals surface area contributed by atoms with E-state index >= 15 is 0 Å². The van der Waals surface area contributed by atoms with Crippen LogP contribution in [0.5, 0.6) is 0 Å². The van der Waals surface area contributed by atoms with E-state index in [-0.39, 0.29) is 6.10 Å². The molecule has 4 nitrogen and oxygen atoms in total. The number of nitrogens with zero attached hydrogens (tertiary/aromatic N) is 2. The molecule has 3 rings (SSSR count).